The summed E-state index contributed by atoms with van der Waals surface area (Å²) >= 11 is 7.80. The van der Waals surface area contributed by atoms with Gasteiger partial charge < -0.3 is 18.8 Å². The predicted molar refractivity (Wildman–Crippen MR) is 155 cm³/mol. The number of aromatic nitrogens is 18. The molecule has 0 saturated carbocycles. The lowest BCUT2D eigenvalue weighted by atomic mass is 10.5. The van der Waals surface area contributed by atoms with Gasteiger partial charge in [0.1, 0.15) is 21.9 Å². The summed E-state index contributed by atoms with van der Waals surface area (Å²) in [6, 6.07) is 0. The minimum absolute atomic E-state index is 0.286. The number of aryl methyl sites for hydroxylation is 3. The lowest BCUT2D eigenvalue weighted by Crippen LogP contribution is -2.33. The van der Waals surface area contributed by atoms with Gasteiger partial charge in [0.05, 0.1) is 10.6 Å². The topological polar surface area (TPSA) is 261 Å². The smallest absolute Gasteiger partial charge is 0.281 e. The third-order valence-electron chi connectivity index (χ3n) is 5.14. The first kappa shape index (κ1) is 29.7. The highest BCUT2D eigenvalue weighted by Gasteiger charge is 2.39. The second-order valence-electron chi connectivity index (χ2n) is 8.23. The average molecular weight is 720 g/mol. The van der Waals surface area contributed by atoms with Crippen LogP contribution in [-0.2, 0) is 0 Å². The molecule has 45 heavy (non-hydrogen) atoms. The summed E-state index contributed by atoms with van der Waals surface area (Å²) in [5.74, 6) is 1.06. The maximum atomic E-state index is 5.83. The summed E-state index contributed by atoms with van der Waals surface area (Å²) in [4.78, 5) is 8.39. The first-order valence-corrected chi connectivity index (χ1v) is 17.0. The average Bonchev–Trinajstić information content (AvgIpc) is 3.86. The van der Waals surface area contributed by atoms with Gasteiger partial charge in [-0.25, -0.2) is 10.2 Å². The van der Waals surface area contributed by atoms with Crippen LogP contribution in [0.25, 0.3) is 0 Å². The Labute approximate surface area is 275 Å². The molecular formula is C19H15N18O2S6+. The molecule has 26 heteroatoms. The van der Waals surface area contributed by atoms with Crippen LogP contribution in [0.4, 0.5) is 0 Å². The van der Waals surface area contributed by atoms with Crippen molar-refractivity contribution in [3.05, 3.63) is 30.1 Å². The van der Waals surface area contributed by atoms with Crippen LogP contribution in [0.2, 0.25) is 0 Å². The van der Waals surface area contributed by atoms with Crippen LogP contribution < -0.4 is 3.97 Å². The molecule has 0 bridgehead atoms. The van der Waals surface area contributed by atoms with Gasteiger partial charge in [-0.2, -0.15) is 0 Å². The van der Waals surface area contributed by atoms with Crippen LogP contribution in [0, 0.1) is 20.8 Å². The second-order valence-corrected chi connectivity index (χ2v) is 14.1. The third kappa shape index (κ3) is 6.69. The Kier molecular flexibility index (Phi) is 8.70. The Hall–Kier alpha value is -3.98. The molecule has 0 unspecified atom stereocenters. The largest absolute Gasteiger partial charge is 0.419 e. The highest BCUT2D eigenvalue weighted by molar-refractivity contribution is 8.05. The quantitative estimate of drug-likeness (QED) is 0.132. The molecule has 0 amide bonds. The summed E-state index contributed by atoms with van der Waals surface area (Å²) in [5.41, 5.74) is 0.687. The van der Waals surface area contributed by atoms with Gasteiger partial charge in [0.2, 0.25) is 29.4 Å². The molecule has 0 aliphatic heterocycles. The normalized spacial score (nSPS) is 11.5. The standard InChI is InChI=1S/C19H15N18O2S6/c1-6-12(27-34-24-6)45-37-13(43-16-23-7(2)25-29-16)10(40-15-20-4-21-28-15)9(41-19-33-26-8(3)39-19)11(42-18-32-22-5-38-18)14(37)44-17-30-35-36-31-17/h4-5H,1-3H3,(H,20,21,28)(H,23,25,29)(H,24,27,34)(H,30,31,35,36)/q+1. The van der Waals surface area contributed by atoms with Crippen molar-refractivity contribution in [3.8, 4) is 0 Å². The van der Waals surface area contributed by atoms with E-state index in [0.29, 0.717) is 63.0 Å². The Bertz CT molecular complexity index is 2020. The van der Waals surface area contributed by atoms with E-state index in [-0.39, 0.29) is 5.22 Å². The van der Waals surface area contributed by atoms with E-state index < -0.39 is 0 Å². The highest BCUT2D eigenvalue weighted by Crippen LogP contribution is 2.52. The molecule has 0 aliphatic carbocycles. The van der Waals surface area contributed by atoms with Gasteiger partial charge in [-0.1, -0.05) is 9.19 Å². The summed E-state index contributed by atoms with van der Waals surface area (Å²) < 4.78 is 13.4. The highest BCUT2D eigenvalue weighted by atomic mass is 32.2. The van der Waals surface area contributed by atoms with Crippen LogP contribution in [0.5, 0.6) is 0 Å². The lowest BCUT2D eigenvalue weighted by molar-refractivity contribution is -0.589. The SMILES string of the molecule is Cc1nnc(Sc2c(Sc3nnc[nH]3)c(Sc3nnc(C)o3)c(Sc3nnco3)c(Sc3nnn[nH]3)[n+]2Sc2[nH]nnc2C)[nH]1. The fourth-order valence-electron chi connectivity index (χ4n) is 3.35. The molecule has 7 aromatic rings. The summed E-state index contributed by atoms with van der Waals surface area (Å²) in [6.07, 6.45) is 2.76. The minimum atomic E-state index is 0.286. The first-order chi connectivity index (χ1) is 22.0. The maximum Gasteiger partial charge on any atom is 0.281 e. The molecule has 228 valence electrons. The van der Waals surface area contributed by atoms with Crippen LogP contribution in [0.1, 0.15) is 17.4 Å². The minimum Gasteiger partial charge on any atom is -0.419 e. The van der Waals surface area contributed by atoms with Gasteiger partial charge in [0.15, 0.2) is 15.3 Å². The van der Waals surface area contributed by atoms with E-state index in [0.717, 1.165) is 4.90 Å². The molecule has 4 N–H and O–H groups in total. The molecule has 0 radical (unpaired) electrons. The van der Waals surface area contributed by atoms with Crippen molar-refractivity contribution >= 4 is 70.8 Å². The second kappa shape index (κ2) is 13.2. The van der Waals surface area contributed by atoms with Crippen LogP contribution in [0.15, 0.2) is 77.2 Å². The van der Waals surface area contributed by atoms with Gasteiger partial charge in [0.25, 0.3) is 20.5 Å². The molecular weight excluding hydrogens is 705 g/mol. The van der Waals surface area contributed by atoms with Gasteiger partial charge in [-0.05, 0) is 59.6 Å². The van der Waals surface area contributed by atoms with E-state index in [2.05, 4.69) is 86.8 Å². The number of pyridine rings is 1. The molecule has 0 saturated heterocycles. The molecule has 7 aromatic heterocycles. The number of hydrogen-bond acceptors (Lipinski definition) is 21. The van der Waals surface area contributed by atoms with Crippen molar-refractivity contribution in [2.75, 3.05) is 0 Å². The summed E-state index contributed by atoms with van der Waals surface area (Å²) in [7, 11) is 0. The molecule has 0 aliphatic rings. The fourth-order valence-corrected chi connectivity index (χ4v) is 9.78. The molecule has 7 rings (SSSR count). The summed E-state index contributed by atoms with van der Waals surface area (Å²) in [5, 5.41) is 62.8. The zero-order valence-corrected chi connectivity index (χ0v) is 27.6. The van der Waals surface area contributed by atoms with E-state index in [4.69, 9.17) is 8.83 Å². The van der Waals surface area contributed by atoms with E-state index in [1.54, 1.807) is 6.92 Å². The van der Waals surface area contributed by atoms with E-state index >= 15 is 0 Å². The molecule has 20 nitrogen and oxygen atoms in total. The van der Waals surface area contributed by atoms with Crippen molar-refractivity contribution in [2.24, 2.45) is 0 Å². The number of tetrazole rings is 1. The van der Waals surface area contributed by atoms with Crippen LogP contribution in [0.3, 0.4) is 0 Å². The molecule has 0 fully saturated rings. The fraction of sp³-hybridized carbons (Fsp3) is 0.158. The maximum absolute atomic E-state index is 5.83. The molecule has 0 aromatic carbocycles. The van der Waals surface area contributed by atoms with E-state index in [1.807, 2.05) is 17.8 Å². The van der Waals surface area contributed by atoms with Crippen LogP contribution >= 0.6 is 70.8 Å². The lowest BCUT2D eigenvalue weighted by Gasteiger charge is -2.16. The molecule has 0 atom stereocenters. The number of nitrogens with one attached hydrogen (secondary N) is 4. The number of H-pyrrole nitrogens is 4. The monoisotopic (exact) mass is 719 g/mol. The van der Waals surface area contributed by atoms with Gasteiger partial charge in [-0.3, -0.25) is 0 Å². The molecule has 7 heterocycles. The van der Waals surface area contributed by atoms with Gasteiger partial charge in [-0.15, -0.1) is 51.0 Å². The van der Waals surface area contributed by atoms with Crippen molar-refractivity contribution < 1.29 is 12.8 Å². The Morgan fingerprint density at radius 3 is 2.18 bits per heavy atom. The third-order valence-corrected chi connectivity index (χ3v) is 11.8. The molecule has 0 spiro atoms. The number of rotatable bonds is 12. The van der Waals surface area contributed by atoms with Crippen molar-refractivity contribution in [3.63, 3.8) is 0 Å². The Morgan fingerprint density at radius 2 is 1.53 bits per heavy atom. The van der Waals surface area contributed by atoms with Crippen LogP contribution in [-0.4, -0.2) is 86.8 Å². The first-order valence-electron chi connectivity index (χ1n) is 12.2. The predicted octanol–water partition coefficient (Wildman–Crippen LogP) is 2.84. The van der Waals surface area contributed by atoms with Crippen molar-refractivity contribution in [2.45, 2.75) is 76.5 Å². The number of hydrogen-bond donors (Lipinski definition) is 4. The van der Waals surface area contributed by atoms with E-state index in [1.165, 1.54) is 83.5 Å². The summed E-state index contributed by atoms with van der Waals surface area (Å²) in [6.45, 7) is 5.40. The zero-order chi connectivity index (χ0) is 30.8. The Balaban J connectivity index is 1.55. The number of aromatic amines is 4. The van der Waals surface area contributed by atoms with Crippen molar-refractivity contribution in [1.82, 2.24) is 86.8 Å². The zero-order valence-electron chi connectivity index (χ0n) is 22.7. The van der Waals surface area contributed by atoms with Gasteiger partial charge >= 0.3 is 0 Å². The van der Waals surface area contributed by atoms with E-state index in [9.17, 15) is 0 Å². The van der Waals surface area contributed by atoms with Gasteiger partial charge in [0, 0.05) is 30.4 Å². The van der Waals surface area contributed by atoms with Crippen molar-refractivity contribution in [1.29, 1.82) is 0 Å². The Morgan fingerprint density at radius 1 is 0.689 bits per heavy atom. The number of nitrogens with zero attached hydrogens (tertiary/aromatic N) is 14.